The summed E-state index contributed by atoms with van der Waals surface area (Å²) in [5.41, 5.74) is 9.86. The highest BCUT2D eigenvalue weighted by Gasteiger charge is 2.43. The number of benzene rings is 4. The monoisotopic (exact) mass is 705 g/mol. The molecular formula is C37H38BrF2N3O4. The van der Waals surface area contributed by atoms with E-state index < -0.39 is 48.5 Å². The van der Waals surface area contributed by atoms with E-state index >= 15 is 8.78 Å². The van der Waals surface area contributed by atoms with Crippen molar-refractivity contribution in [1.82, 2.24) is 5.32 Å². The Bertz CT molecular complexity index is 1590. The van der Waals surface area contributed by atoms with Crippen LogP contribution < -0.4 is 16.0 Å². The minimum absolute atomic E-state index is 0.0309. The van der Waals surface area contributed by atoms with Gasteiger partial charge in [-0.05, 0) is 53.3 Å². The van der Waals surface area contributed by atoms with E-state index in [4.69, 9.17) is 15.2 Å². The number of halogens is 3. The molecule has 0 radical (unpaired) electrons. The SMILES string of the molecule is COC(=O)N(C(=O)[C@@H](N)C(c1ccccc1)c1ccccc1)c1ccccc1CC[C@@H]1CNC[C@@H](C(F)(F)Cc2ccc(Br)cc2)O1. The van der Waals surface area contributed by atoms with E-state index in [2.05, 4.69) is 21.2 Å². The third-order valence-electron chi connectivity index (χ3n) is 8.39. The van der Waals surface area contributed by atoms with Gasteiger partial charge in [0.2, 0.25) is 0 Å². The van der Waals surface area contributed by atoms with Gasteiger partial charge in [-0.15, -0.1) is 0 Å². The standard InChI is InChI=1S/C37H38BrF2N3O4/c1-46-36(45)43(35(44)34(41)33(27-11-4-2-5-12-27)28-13-6-3-7-14-28)31-15-9-8-10-26(31)18-21-30-23-42-24-32(47-30)37(39,40)22-25-16-19-29(38)20-17-25/h2-17,19-20,30,32-34,42H,18,21-24,41H2,1H3/t30-,32+,34+/m1/s1. The van der Waals surface area contributed by atoms with Crippen molar-refractivity contribution in [3.63, 3.8) is 0 Å². The van der Waals surface area contributed by atoms with Crippen LogP contribution in [0.15, 0.2) is 114 Å². The summed E-state index contributed by atoms with van der Waals surface area (Å²) in [6, 6.07) is 31.5. The molecular weight excluding hydrogens is 668 g/mol. The van der Waals surface area contributed by atoms with Crippen LogP contribution in [0.25, 0.3) is 0 Å². The molecule has 0 aliphatic carbocycles. The van der Waals surface area contributed by atoms with Crippen LogP contribution in [0.4, 0.5) is 19.3 Å². The number of ether oxygens (including phenoxy) is 2. The lowest BCUT2D eigenvalue weighted by atomic mass is 9.84. The van der Waals surface area contributed by atoms with Gasteiger partial charge in [0.1, 0.15) is 6.10 Å². The number of hydrogen-bond donors (Lipinski definition) is 2. The lowest BCUT2D eigenvalue weighted by Gasteiger charge is -2.36. The first-order valence-electron chi connectivity index (χ1n) is 15.5. The number of aryl methyl sites for hydroxylation is 1. The number of imide groups is 1. The summed E-state index contributed by atoms with van der Waals surface area (Å²) >= 11 is 3.34. The lowest BCUT2D eigenvalue weighted by molar-refractivity contribution is -0.170. The zero-order chi connectivity index (χ0) is 33.4. The van der Waals surface area contributed by atoms with Gasteiger partial charge in [0.15, 0.2) is 0 Å². The molecule has 2 amide bonds. The van der Waals surface area contributed by atoms with E-state index in [1.54, 1.807) is 48.5 Å². The fraction of sp³-hybridized carbons (Fsp3) is 0.297. The molecule has 1 fully saturated rings. The highest BCUT2D eigenvalue weighted by atomic mass is 79.9. The second-order valence-corrected chi connectivity index (χ2v) is 12.5. The second kappa shape index (κ2) is 15.8. The number of carbonyl (C=O) groups excluding carboxylic acids is 2. The molecule has 3 atom stereocenters. The molecule has 4 aromatic carbocycles. The van der Waals surface area contributed by atoms with Crippen LogP contribution in [0.5, 0.6) is 0 Å². The molecule has 47 heavy (non-hydrogen) atoms. The van der Waals surface area contributed by atoms with E-state index in [-0.39, 0.29) is 6.54 Å². The summed E-state index contributed by atoms with van der Waals surface area (Å²) in [6.45, 7) is 0.427. The van der Waals surface area contributed by atoms with Crippen LogP contribution in [0.2, 0.25) is 0 Å². The first-order valence-corrected chi connectivity index (χ1v) is 16.3. The van der Waals surface area contributed by atoms with E-state index in [0.717, 1.165) is 20.5 Å². The number of nitrogens with zero attached hydrogens (tertiary/aromatic N) is 1. The van der Waals surface area contributed by atoms with Crippen molar-refractivity contribution in [3.8, 4) is 0 Å². The van der Waals surface area contributed by atoms with Crippen molar-refractivity contribution >= 4 is 33.6 Å². The molecule has 0 bridgehead atoms. The molecule has 1 aliphatic heterocycles. The third-order valence-corrected chi connectivity index (χ3v) is 8.92. The van der Waals surface area contributed by atoms with Gasteiger partial charge in [0, 0.05) is 29.9 Å². The summed E-state index contributed by atoms with van der Waals surface area (Å²) in [4.78, 5) is 28.4. The smallest absolute Gasteiger partial charge is 0.420 e. The Balaban J connectivity index is 1.34. The maximum absolute atomic E-state index is 15.3. The van der Waals surface area contributed by atoms with Crippen LogP contribution in [-0.4, -0.2) is 56.4 Å². The molecule has 4 aromatic rings. The largest absolute Gasteiger partial charge is 0.452 e. The Morgan fingerprint density at radius 3 is 2.15 bits per heavy atom. The van der Waals surface area contributed by atoms with Crippen LogP contribution in [0.3, 0.4) is 0 Å². The Labute approximate surface area is 282 Å². The minimum atomic E-state index is -3.09. The van der Waals surface area contributed by atoms with Crippen molar-refractivity contribution in [2.75, 3.05) is 25.1 Å². The van der Waals surface area contributed by atoms with Gasteiger partial charge in [0.25, 0.3) is 11.8 Å². The molecule has 1 aliphatic rings. The van der Waals surface area contributed by atoms with Crippen LogP contribution in [-0.2, 0) is 27.1 Å². The van der Waals surface area contributed by atoms with Crippen molar-refractivity contribution in [3.05, 3.63) is 136 Å². The van der Waals surface area contributed by atoms with Crippen LogP contribution in [0.1, 0.15) is 34.6 Å². The van der Waals surface area contributed by atoms with Crippen molar-refractivity contribution in [2.45, 2.75) is 49.4 Å². The summed E-state index contributed by atoms with van der Waals surface area (Å²) in [7, 11) is 1.21. The summed E-state index contributed by atoms with van der Waals surface area (Å²) < 4.78 is 42.5. The number of para-hydroxylation sites is 1. The molecule has 5 rings (SSSR count). The third kappa shape index (κ3) is 8.50. The zero-order valence-electron chi connectivity index (χ0n) is 26.0. The number of morpholine rings is 1. The maximum Gasteiger partial charge on any atom is 0.420 e. The fourth-order valence-electron chi connectivity index (χ4n) is 5.99. The molecule has 3 N–H and O–H groups in total. The topological polar surface area (TPSA) is 93.9 Å². The number of rotatable bonds is 11. The second-order valence-electron chi connectivity index (χ2n) is 11.6. The van der Waals surface area contributed by atoms with Crippen molar-refractivity contribution in [2.24, 2.45) is 5.73 Å². The van der Waals surface area contributed by atoms with Gasteiger partial charge in [-0.1, -0.05) is 107 Å². The van der Waals surface area contributed by atoms with E-state index in [1.807, 2.05) is 60.7 Å². The van der Waals surface area contributed by atoms with E-state index in [1.165, 1.54) is 7.11 Å². The average Bonchev–Trinajstić information content (AvgIpc) is 3.10. The maximum atomic E-state index is 15.3. The molecule has 0 unspecified atom stereocenters. The number of nitrogens with two attached hydrogens (primary N) is 1. The van der Waals surface area contributed by atoms with Crippen LogP contribution >= 0.6 is 15.9 Å². The normalized spacial score (nSPS) is 17.2. The number of methoxy groups -OCH3 is 1. The molecule has 0 saturated carbocycles. The number of nitrogens with one attached hydrogen (secondary N) is 1. The number of anilines is 1. The van der Waals surface area contributed by atoms with Crippen molar-refractivity contribution in [1.29, 1.82) is 0 Å². The summed E-state index contributed by atoms with van der Waals surface area (Å²) in [5.74, 6) is -4.26. The van der Waals surface area contributed by atoms with Gasteiger partial charge in [-0.2, -0.15) is 0 Å². The molecule has 10 heteroatoms. The Hall–Kier alpha value is -3.96. The molecule has 1 heterocycles. The lowest BCUT2D eigenvalue weighted by Crippen LogP contribution is -2.53. The van der Waals surface area contributed by atoms with Crippen LogP contribution in [0, 0.1) is 0 Å². The predicted octanol–water partition coefficient (Wildman–Crippen LogP) is 6.88. The molecule has 0 aromatic heterocycles. The molecule has 246 valence electrons. The van der Waals surface area contributed by atoms with Gasteiger partial charge in [-0.3, -0.25) is 4.79 Å². The number of carbonyl (C=O) groups is 2. The number of amides is 2. The molecule has 0 spiro atoms. The highest BCUT2D eigenvalue weighted by Crippen LogP contribution is 2.33. The van der Waals surface area contributed by atoms with Gasteiger partial charge >= 0.3 is 6.09 Å². The number of alkyl halides is 2. The highest BCUT2D eigenvalue weighted by molar-refractivity contribution is 9.10. The zero-order valence-corrected chi connectivity index (χ0v) is 27.6. The first kappa shape index (κ1) is 34.4. The number of hydrogen-bond acceptors (Lipinski definition) is 6. The van der Waals surface area contributed by atoms with Crippen molar-refractivity contribution < 1.29 is 27.8 Å². The van der Waals surface area contributed by atoms with Gasteiger partial charge < -0.3 is 20.5 Å². The average molecular weight is 707 g/mol. The fourth-order valence-corrected chi connectivity index (χ4v) is 6.25. The Morgan fingerprint density at radius 2 is 1.53 bits per heavy atom. The van der Waals surface area contributed by atoms with Gasteiger partial charge in [-0.25, -0.2) is 18.5 Å². The summed E-state index contributed by atoms with van der Waals surface area (Å²) in [5, 5.41) is 3.10. The Kier molecular flexibility index (Phi) is 11.5. The predicted molar refractivity (Wildman–Crippen MR) is 182 cm³/mol. The first-order chi connectivity index (χ1) is 22.7. The quantitative estimate of drug-likeness (QED) is 0.177. The molecule has 7 nitrogen and oxygen atoms in total. The van der Waals surface area contributed by atoms with E-state index in [9.17, 15) is 9.59 Å². The Morgan fingerprint density at radius 1 is 0.936 bits per heavy atom. The molecule has 1 saturated heterocycles. The van der Waals surface area contributed by atoms with Gasteiger partial charge in [0.05, 0.1) is 24.9 Å². The summed E-state index contributed by atoms with van der Waals surface area (Å²) in [6.07, 6.45) is -2.40. The minimum Gasteiger partial charge on any atom is -0.452 e. The van der Waals surface area contributed by atoms with E-state index in [0.29, 0.717) is 36.2 Å².